The molecule has 0 unspecified atom stereocenters. The van der Waals surface area contributed by atoms with Crippen LogP contribution in [0.3, 0.4) is 0 Å². The third kappa shape index (κ3) is 6.97. The molecule has 1 aromatic rings. The molecular weight excluding hydrogens is 395 g/mol. The highest BCUT2D eigenvalue weighted by atomic mass is 127. The first-order valence-corrected chi connectivity index (χ1v) is 7.18. The molecule has 1 amide bonds. The first-order chi connectivity index (χ1) is 10.2. The number of ether oxygens (including phenoxy) is 1. The Morgan fingerprint density at radius 2 is 2.23 bits per heavy atom. The summed E-state index contributed by atoms with van der Waals surface area (Å²) in [5.74, 6) is 1.20. The number of hydrogen-bond donors (Lipinski definition) is 3. The van der Waals surface area contributed by atoms with E-state index in [4.69, 9.17) is 10.5 Å². The topological polar surface area (TPSA) is 88.7 Å². The summed E-state index contributed by atoms with van der Waals surface area (Å²) >= 11 is 0. The molecular formula is C15H23IN4O2. The Labute approximate surface area is 147 Å². The van der Waals surface area contributed by atoms with Crippen molar-refractivity contribution in [1.82, 2.24) is 5.32 Å². The van der Waals surface area contributed by atoms with E-state index in [-0.39, 0.29) is 29.9 Å². The summed E-state index contributed by atoms with van der Waals surface area (Å²) in [5.41, 5.74) is 6.62. The molecule has 0 atom stereocenters. The Morgan fingerprint density at radius 1 is 1.45 bits per heavy atom. The number of hydrogen-bond acceptors (Lipinski definition) is 3. The molecule has 2 rings (SSSR count). The van der Waals surface area contributed by atoms with Gasteiger partial charge in [-0.2, -0.15) is 0 Å². The van der Waals surface area contributed by atoms with Gasteiger partial charge in [-0.1, -0.05) is 6.07 Å². The average Bonchev–Trinajstić information content (AvgIpc) is 3.27. The Bertz CT molecular complexity index is 518. The van der Waals surface area contributed by atoms with E-state index in [1.807, 2.05) is 24.3 Å². The predicted molar refractivity (Wildman–Crippen MR) is 98.9 cm³/mol. The van der Waals surface area contributed by atoms with Crippen molar-refractivity contribution in [2.45, 2.75) is 31.7 Å². The number of nitrogens with one attached hydrogen (secondary N) is 2. The van der Waals surface area contributed by atoms with Gasteiger partial charge in [0.2, 0.25) is 5.91 Å². The summed E-state index contributed by atoms with van der Waals surface area (Å²) in [6.07, 6.45) is 3.41. The van der Waals surface area contributed by atoms with Gasteiger partial charge in [-0.15, -0.1) is 24.0 Å². The van der Waals surface area contributed by atoms with E-state index < -0.39 is 0 Å². The van der Waals surface area contributed by atoms with Crippen molar-refractivity contribution >= 4 is 41.5 Å². The summed E-state index contributed by atoms with van der Waals surface area (Å²) in [6.45, 7) is 0.529. The lowest BCUT2D eigenvalue weighted by atomic mass is 10.3. The molecule has 1 aromatic carbocycles. The van der Waals surface area contributed by atoms with Gasteiger partial charge in [-0.3, -0.25) is 9.79 Å². The number of carbonyl (C=O) groups is 1. The highest BCUT2D eigenvalue weighted by molar-refractivity contribution is 14.0. The first kappa shape index (κ1) is 18.5. The van der Waals surface area contributed by atoms with E-state index in [2.05, 4.69) is 15.6 Å². The number of halogens is 1. The van der Waals surface area contributed by atoms with Gasteiger partial charge in [0, 0.05) is 30.8 Å². The molecule has 0 radical (unpaired) electrons. The van der Waals surface area contributed by atoms with E-state index in [0.717, 1.165) is 24.3 Å². The van der Waals surface area contributed by atoms with E-state index in [9.17, 15) is 4.79 Å². The summed E-state index contributed by atoms with van der Waals surface area (Å²) < 4.78 is 5.13. The minimum Gasteiger partial charge on any atom is -0.497 e. The molecule has 1 aliphatic carbocycles. The van der Waals surface area contributed by atoms with Crippen molar-refractivity contribution in [3.63, 3.8) is 0 Å². The highest BCUT2D eigenvalue weighted by Gasteiger charge is 2.22. The lowest BCUT2D eigenvalue weighted by Crippen LogP contribution is -2.25. The minimum absolute atomic E-state index is 0. The Morgan fingerprint density at radius 3 is 2.91 bits per heavy atom. The third-order valence-corrected chi connectivity index (χ3v) is 3.13. The maximum Gasteiger partial charge on any atom is 0.220 e. The van der Waals surface area contributed by atoms with Crippen molar-refractivity contribution in [2.75, 3.05) is 19.0 Å². The predicted octanol–water partition coefficient (Wildman–Crippen LogP) is 2.10. The van der Waals surface area contributed by atoms with Crippen molar-refractivity contribution in [1.29, 1.82) is 0 Å². The van der Waals surface area contributed by atoms with Gasteiger partial charge in [0.1, 0.15) is 5.75 Å². The van der Waals surface area contributed by atoms with Crippen LogP contribution in [0.4, 0.5) is 5.69 Å². The van der Waals surface area contributed by atoms with Crippen LogP contribution in [0.25, 0.3) is 0 Å². The number of amides is 1. The second-order valence-corrected chi connectivity index (χ2v) is 5.07. The molecule has 4 N–H and O–H groups in total. The summed E-state index contributed by atoms with van der Waals surface area (Å²) in [4.78, 5) is 15.7. The van der Waals surface area contributed by atoms with Crippen LogP contribution >= 0.6 is 24.0 Å². The van der Waals surface area contributed by atoms with Gasteiger partial charge in [-0.25, -0.2) is 0 Å². The number of aliphatic imine (C=N–C) groups is 1. The van der Waals surface area contributed by atoms with Crippen LogP contribution in [0.1, 0.15) is 25.7 Å². The molecule has 0 aromatic heterocycles. The Hall–Kier alpha value is -1.51. The highest BCUT2D eigenvalue weighted by Crippen LogP contribution is 2.18. The number of anilines is 1. The molecule has 0 saturated heterocycles. The smallest absolute Gasteiger partial charge is 0.220 e. The van der Waals surface area contributed by atoms with Crippen molar-refractivity contribution in [2.24, 2.45) is 10.7 Å². The number of methoxy groups -OCH3 is 1. The number of benzene rings is 1. The van der Waals surface area contributed by atoms with E-state index in [1.165, 1.54) is 0 Å². The fraction of sp³-hybridized carbons (Fsp3) is 0.467. The van der Waals surface area contributed by atoms with Gasteiger partial charge < -0.3 is 21.1 Å². The molecule has 1 aliphatic rings. The monoisotopic (exact) mass is 418 g/mol. The number of nitrogens with zero attached hydrogens (tertiary/aromatic N) is 1. The molecule has 0 aliphatic heterocycles. The molecule has 1 saturated carbocycles. The van der Waals surface area contributed by atoms with Gasteiger partial charge >= 0.3 is 0 Å². The normalized spacial score (nSPS) is 14.0. The maximum absolute atomic E-state index is 11.5. The van der Waals surface area contributed by atoms with Crippen LogP contribution in [-0.2, 0) is 4.79 Å². The zero-order valence-electron chi connectivity index (χ0n) is 12.7. The standard InChI is InChI=1S/C15H22N4O2.HI/c1-21-13-5-2-4-12(10-13)19-15(16)17-9-3-6-14(20)18-11-7-8-11;/h2,4-5,10-11H,3,6-9H2,1H3,(H,18,20)(H3,16,17,19);1H. The Kier molecular flexibility index (Phi) is 8.00. The SMILES string of the molecule is COc1cccc(NC(N)=NCCCC(=O)NC2CC2)c1.I. The summed E-state index contributed by atoms with van der Waals surface area (Å²) in [7, 11) is 1.61. The fourth-order valence-electron chi connectivity index (χ4n) is 1.85. The van der Waals surface area contributed by atoms with E-state index >= 15 is 0 Å². The molecule has 7 heteroatoms. The summed E-state index contributed by atoms with van der Waals surface area (Å²) in [6, 6.07) is 7.87. The van der Waals surface area contributed by atoms with Gasteiger partial charge in [-0.05, 0) is 31.4 Å². The van der Waals surface area contributed by atoms with Crippen molar-refractivity contribution in [3.05, 3.63) is 24.3 Å². The maximum atomic E-state index is 11.5. The number of rotatable bonds is 7. The lowest BCUT2D eigenvalue weighted by molar-refractivity contribution is -0.121. The molecule has 0 heterocycles. The lowest BCUT2D eigenvalue weighted by Gasteiger charge is -2.07. The summed E-state index contributed by atoms with van der Waals surface area (Å²) in [5, 5.41) is 5.94. The van der Waals surface area contributed by atoms with Crippen LogP contribution < -0.4 is 21.1 Å². The van der Waals surface area contributed by atoms with Crippen LogP contribution in [0.2, 0.25) is 0 Å². The zero-order chi connectivity index (χ0) is 15.1. The van der Waals surface area contributed by atoms with Crippen LogP contribution in [0.15, 0.2) is 29.3 Å². The third-order valence-electron chi connectivity index (χ3n) is 3.13. The fourth-order valence-corrected chi connectivity index (χ4v) is 1.85. The Balaban J connectivity index is 0.00000242. The van der Waals surface area contributed by atoms with E-state index in [1.54, 1.807) is 7.11 Å². The number of guanidine groups is 1. The molecule has 22 heavy (non-hydrogen) atoms. The van der Waals surface area contributed by atoms with Gasteiger partial charge in [0.15, 0.2) is 5.96 Å². The van der Waals surface area contributed by atoms with E-state index in [0.29, 0.717) is 31.4 Å². The zero-order valence-corrected chi connectivity index (χ0v) is 15.0. The number of carbonyl (C=O) groups excluding carboxylic acids is 1. The van der Waals surface area contributed by atoms with Crippen LogP contribution in [0, 0.1) is 0 Å². The molecule has 0 spiro atoms. The largest absolute Gasteiger partial charge is 0.497 e. The second-order valence-electron chi connectivity index (χ2n) is 5.07. The molecule has 6 nitrogen and oxygen atoms in total. The first-order valence-electron chi connectivity index (χ1n) is 7.18. The van der Waals surface area contributed by atoms with Crippen molar-refractivity contribution < 1.29 is 9.53 Å². The molecule has 1 fully saturated rings. The van der Waals surface area contributed by atoms with Crippen LogP contribution in [-0.4, -0.2) is 31.6 Å². The average molecular weight is 418 g/mol. The van der Waals surface area contributed by atoms with Crippen LogP contribution in [0.5, 0.6) is 5.75 Å². The number of nitrogens with two attached hydrogens (primary N) is 1. The molecule has 0 bridgehead atoms. The minimum atomic E-state index is 0. The molecule has 122 valence electrons. The van der Waals surface area contributed by atoms with Gasteiger partial charge in [0.25, 0.3) is 0 Å². The van der Waals surface area contributed by atoms with Crippen molar-refractivity contribution in [3.8, 4) is 5.75 Å². The quantitative estimate of drug-likeness (QED) is 0.274. The second kappa shape index (κ2) is 9.50. The van der Waals surface area contributed by atoms with Gasteiger partial charge in [0.05, 0.1) is 7.11 Å².